The number of ketones is 1. The molecule has 0 bridgehead atoms. The van der Waals surface area contributed by atoms with Crippen molar-refractivity contribution >= 4 is 154 Å². The third-order valence-electron chi connectivity index (χ3n) is 28.2. The summed E-state index contributed by atoms with van der Waals surface area (Å²) >= 11 is 43.9. The SMILES string of the molecule is C.C1CCOC1.CC1(C)O[C@@H]2[C@H](O1)[C@@H](C(=O)c1ccc(Cl)cc1CCCO[Si](C)(C)C(C)(C)C)O[C@H]2n1ccc2c(Cl)ncnc21.CC1(C)O[C@H]2[C@@H](O1)[C@H](n1ccc3c(Cl)ncnc31)O[C@@H]2[C@H](O)c1ccc(Cl)cc1CCCO.CC1(C)O[C@H]2[C@@H](O1)[C@H](n1ccc3c(Cl)ncnc31)O[C@@H]2[C@H](O)c1ccc(Cl)cc1CCCO[Si](C)(C)C(C)(C)C.CON(C)C(=O)[C@H]1O[C@@H](n2ccc3c(Cl)ncnc32)[C@@H]2OC(C)(C)O[C@@H]21. The molecule has 3 N–H and O–H groups in total. The van der Waals surface area contributed by atoms with Crippen LogP contribution in [0, 0.1) is 0 Å². The van der Waals surface area contributed by atoms with Crippen molar-refractivity contribution in [2.45, 2.75) is 326 Å². The Kier molecular flexibility index (Phi) is 34.9. The van der Waals surface area contributed by atoms with Gasteiger partial charge in [0.2, 0.25) is 0 Å². The second-order valence-corrected chi connectivity index (χ2v) is 54.3. The Labute approximate surface area is 881 Å². The van der Waals surface area contributed by atoms with E-state index < -0.39 is 150 Å². The molecule has 18 atom stereocenters. The molecule has 145 heavy (non-hydrogen) atoms. The van der Waals surface area contributed by atoms with Crippen LogP contribution in [-0.2, 0) is 99.3 Å². The summed E-state index contributed by atoms with van der Waals surface area (Å²) in [7, 11) is -0.768. The van der Waals surface area contributed by atoms with Crippen molar-refractivity contribution in [2.75, 3.05) is 47.2 Å². The molecule has 3 aromatic carbocycles. The van der Waals surface area contributed by atoms with Crippen molar-refractivity contribution in [3.8, 4) is 0 Å². The van der Waals surface area contributed by atoms with E-state index in [1.54, 1.807) is 61.0 Å². The van der Waals surface area contributed by atoms with Crippen molar-refractivity contribution in [1.29, 1.82) is 0 Å². The van der Waals surface area contributed by atoms with Crippen LogP contribution in [0.1, 0.15) is 212 Å². The highest BCUT2D eigenvalue weighted by molar-refractivity contribution is 6.74. The Bertz CT molecular complexity index is 6390. The average molecular weight is 2180 g/mol. The Morgan fingerprint density at radius 3 is 1.10 bits per heavy atom. The molecule has 788 valence electrons. The van der Waals surface area contributed by atoms with Crippen LogP contribution in [0.2, 0.25) is 71.9 Å². The number of amides is 1. The van der Waals surface area contributed by atoms with E-state index in [9.17, 15) is 24.9 Å². The lowest BCUT2D eigenvalue weighted by atomic mass is 9.93. The molecule has 1 amide bonds. The van der Waals surface area contributed by atoms with E-state index in [-0.39, 0.29) is 35.8 Å². The van der Waals surface area contributed by atoms with Crippen LogP contribution in [-0.4, -0.2) is 250 Å². The van der Waals surface area contributed by atoms with E-state index in [1.807, 2.05) is 116 Å². The maximum Gasteiger partial charge on any atom is 0.277 e. The highest BCUT2D eigenvalue weighted by atomic mass is 35.5. The zero-order chi connectivity index (χ0) is 104. The summed E-state index contributed by atoms with van der Waals surface area (Å²) in [6.07, 6.45) is 7.87. The van der Waals surface area contributed by atoms with Crippen LogP contribution in [0.3, 0.4) is 0 Å². The molecule has 20 rings (SSSR count). The normalized spacial score (nSPS) is 26.2. The van der Waals surface area contributed by atoms with E-state index in [4.69, 9.17) is 156 Å². The number of aryl methyl sites for hydroxylation is 3. The van der Waals surface area contributed by atoms with Crippen molar-refractivity contribution in [2.24, 2.45) is 0 Å². The summed E-state index contributed by atoms with van der Waals surface area (Å²) < 4.78 is 99.9. The summed E-state index contributed by atoms with van der Waals surface area (Å²) in [6, 6.07) is 23.6. The lowest BCUT2D eigenvalue weighted by Gasteiger charge is -2.36. The van der Waals surface area contributed by atoms with Gasteiger partial charge in [-0.2, -0.15) is 0 Å². The number of hydrogen-bond donors (Lipinski definition) is 3. The number of fused-ring (bicyclic) bond motifs is 8. The number of aliphatic hydroxyl groups excluding tert-OH is 3. The maximum atomic E-state index is 14.1. The third kappa shape index (κ3) is 24.2. The molecule has 9 aliphatic rings. The molecule has 0 aliphatic carbocycles. The molecular weight excluding hydrogens is 2050 g/mol. The number of halogens is 7. The predicted octanol–water partition coefficient (Wildman–Crippen LogP) is 20.6. The first-order valence-electron chi connectivity index (χ1n) is 48.4. The second kappa shape index (κ2) is 45.1. The fraction of sp³-hybridized carbons (Fsp3) is 0.569. The van der Waals surface area contributed by atoms with Gasteiger partial charge < -0.3 is 104 Å². The molecule has 0 radical (unpaired) electrons. The summed E-state index contributed by atoms with van der Waals surface area (Å²) in [5, 5.41) is 39.9. The number of rotatable bonds is 25. The first-order valence-corrected chi connectivity index (χ1v) is 56.9. The van der Waals surface area contributed by atoms with Crippen molar-refractivity contribution in [1.82, 2.24) is 63.2 Å². The lowest BCUT2D eigenvalue weighted by molar-refractivity contribution is -0.211. The molecule has 0 saturated carbocycles. The van der Waals surface area contributed by atoms with E-state index in [0.29, 0.717) is 130 Å². The Morgan fingerprint density at radius 2 is 0.752 bits per heavy atom. The van der Waals surface area contributed by atoms with Gasteiger partial charge in [-0.3, -0.25) is 14.4 Å². The number of benzene rings is 3. The second-order valence-electron chi connectivity index (χ2n) is 42.0. The topological polar surface area (TPSA) is 369 Å². The first-order chi connectivity index (χ1) is 68.0. The highest BCUT2D eigenvalue weighted by Crippen LogP contribution is 2.53. The number of nitrogens with zero attached hydrogens (tertiary/aromatic N) is 13. The molecule has 11 aromatic rings. The molecule has 9 fully saturated rings. The highest BCUT2D eigenvalue weighted by Gasteiger charge is 2.63. The number of likely N-dealkylation sites (N-methyl/N-ethyl adjacent to an activating group) is 1. The van der Waals surface area contributed by atoms with Gasteiger partial charge in [-0.05, 0) is 238 Å². The van der Waals surface area contributed by atoms with Crippen LogP contribution in [0.15, 0.2) is 129 Å². The van der Waals surface area contributed by atoms with Gasteiger partial charge in [-0.1, -0.05) is 142 Å². The monoisotopic (exact) mass is 2180 g/mol. The van der Waals surface area contributed by atoms with Gasteiger partial charge >= 0.3 is 0 Å². The predicted molar refractivity (Wildman–Crippen MR) is 555 cm³/mol. The molecule has 17 heterocycles. The number of aromatic nitrogens is 12. The summed E-state index contributed by atoms with van der Waals surface area (Å²) in [5.74, 6) is -3.92. The van der Waals surface area contributed by atoms with Crippen molar-refractivity contribution < 1.29 is 100 Å². The van der Waals surface area contributed by atoms with Gasteiger partial charge in [-0.25, -0.2) is 44.9 Å². The number of aliphatic hydroxyl groups is 3. The first kappa shape index (κ1) is 112. The maximum absolute atomic E-state index is 14.1. The van der Waals surface area contributed by atoms with Crippen LogP contribution in [0.5, 0.6) is 0 Å². The van der Waals surface area contributed by atoms with E-state index in [1.165, 1.54) is 52.3 Å². The number of ether oxygens (including phenoxy) is 13. The largest absolute Gasteiger partial charge is 0.417 e. The fourth-order valence-corrected chi connectivity index (χ4v) is 22.6. The minimum Gasteiger partial charge on any atom is -0.417 e. The summed E-state index contributed by atoms with van der Waals surface area (Å²) in [5.41, 5.74) is 7.13. The molecule has 34 nitrogen and oxygen atoms in total. The molecule has 9 aliphatic heterocycles. The molecule has 0 spiro atoms. The quantitative estimate of drug-likeness (QED) is 0.0157. The molecule has 8 aromatic heterocycles. The fourth-order valence-electron chi connectivity index (χ4n) is 19.1. The summed E-state index contributed by atoms with van der Waals surface area (Å²) in [4.78, 5) is 65.4. The zero-order valence-electron chi connectivity index (χ0n) is 84.4. The third-order valence-corrected chi connectivity index (χ3v) is 39.2. The van der Waals surface area contributed by atoms with E-state index in [2.05, 4.69) is 108 Å². The van der Waals surface area contributed by atoms with Gasteiger partial charge in [0, 0.05) is 85.5 Å². The number of carbonyl (C=O) groups excluding carboxylic acids is 2. The molecular formula is C102H132Cl7N13O21Si2. The van der Waals surface area contributed by atoms with E-state index in [0.717, 1.165) is 53.4 Å². The molecule has 9 saturated heterocycles. The summed E-state index contributed by atoms with van der Waals surface area (Å²) in [6.45, 7) is 40.4. The van der Waals surface area contributed by atoms with Crippen LogP contribution < -0.4 is 0 Å². The van der Waals surface area contributed by atoms with Gasteiger partial charge in [0.1, 0.15) is 142 Å². The number of hydrogen-bond acceptors (Lipinski definition) is 29. The van der Waals surface area contributed by atoms with Crippen LogP contribution in [0.4, 0.5) is 0 Å². The minimum atomic E-state index is -1.86. The van der Waals surface area contributed by atoms with E-state index >= 15 is 0 Å². The lowest BCUT2D eigenvalue weighted by Crippen LogP contribution is -2.43. The van der Waals surface area contributed by atoms with Gasteiger partial charge in [0.15, 0.2) is 82.7 Å². The molecule has 0 unspecified atom stereocenters. The average Bonchev–Trinajstić information content (AvgIpc) is 1.59. The number of Topliss-reactive ketones (excluding diaryl/α,β-unsaturated/α-hetero) is 1. The van der Waals surface area contributed by atoms with Crippen LogP contribution >= 0.6 is 81.2 Å². The Balaban J connectivity index is 0.000000144. The zero-order valence-corrected chi connectivity index (χ0v) is 91.7. The van der Waals surface area contributed by atoms with Crippen LogP contribution in [0.25, 0.3) is 44.1 Å². The standard InChI is InChI=1S/C29H39Cl2N3O5Si.C29H37Cl2N3O5Si.C23H25Cl2N3O5.C16H19ClN4O5.C4H8O.CH4/c2*1-28(2,3)40(6,7)36-14-8-9-17-15-18(30)10-11-19(17)21(35)22-23-24(39-29(4,5)38-23)27(37-22)34-13-12-20-25(31)32-16-33-26(20)34;1-23(2)32-18-17(16(30)14-6-5-13(24)10-12(14)4-3-9-29)31-22(19(18)33-23)28-8-7-15-20(25)26-11-27-21(15)28;1-16(2)25-9-10(14(22)20(3)23-4)24-15(11(9)26-16)21-6-5-8-12(17)18-7-19-13(8)21;1-2-4-5-3-1;/h10-13,15-16,21-24,27,35H,8-9,14H2,1-7H3;10-13,15-16,22-24,27H,8-9,14H2,1-7H3;5-8,10-11,16-19,22,29-30H,3-4,9H2,1-2H3;5-7,9-11,15H,1-4H3;1-4H2;1H4/t21-,22-,23-,24-,27-;22-,23-,24-,27-;16-,17-,18-,19-,22-;9-,10+,11-,15-;;/m1111../s1. The van der Waals surface area contributed by atoms with Gasteiger partial charge in [0.25, 0.3) is 5.91 Å². The van der Waals surface area contributed by atoms with Gasteiger partial charge in [-0.15, -0.1) is 0 Å². The van der Waals surface area contributed by atoms with Gasteiger partial charge in [0.05, 0.1) is 28.7 Å². The van der Waals surface area contributed by atoms with Crippen molar-refractivity contribution in [3.05, 3.63) is 198 Å². The number of hydroxylamine groups is 2. The Morgan fingerprint density at radius 1 is 0.441 bits per heavy atom. The minimum absolute atomic E-state index is 0. The van der Waals surface area contributed by atoms with Crippen molar-refractivity contribution in [3.63, 3.8) is 0 Å². The Hall–Kier alpha value is -7.02. The molecule has 43 heteroatoms. The smallest absolute Gasteiger partial charge is 0.277 e. The number of carbonyl (C=O) groups is 2.